The first-order valence-corrected chi connectivity index (χ1v) is 10.9. The van der Waals surface area contributed by atoms with Crippen molar-refractivity contribution in [3.05, 3.63) is 98.3 Å². The Balaban J connectivity index is 1.65. The Kier molecular flexibility index (Phi) is 5.66. The highest BCUT2D eigenvalue weighted by molar-refractivity contribution is 6.12. The Labute approximate surface area is 200 Å². The molecule has 9 nitrogen and oxygen atoms in total. The molecule has 1 atom stereocenters. The quantitative estimate of drug-likeness (QED) is 0.315. The fourth-order valence-corrected chi connectivity index (χ4v) is 4.46. The Bertz CT molecular complexity index is 1530. The lowest BCUT2D eigenvalue weighted by molar-refractivity contribution is -0.384. The van der Waals surface area contributed by atoms with E-state index in [1.54, 1.807) is 26.4 Å². The van der Waals surface area contributed by atoms with Crippen molar-refractivity contribution in [2.45, 2.75) is 12.5 Å². The summed E-state index contributed by atoms with van der Waals surface area (Å²) in [6.45, 7) is 0. The van der Waals surface area contributed by atoms with Crippen molar-refractivity contribution in [1.82, 2.24) is 10.4 Å². The summed E-state index contributed by atoms with van der Waals surface area (Å²) in [6.07, 6.45) is 0.423. The zero-order chi connectivity index (χ0) is 24.5. The number of hydrogen-bond donors (Lipinski definition) is 2. The number of nitrogens with one attached hydrogen (secondary N) is 2. The average molecular weight is 470 g/mol. The minimum absolute atomic E-state index is 0.0555. The number of methoxy groups -OCH3 is 2. The molecule has 0 spiro atoms. The van der Waals surface area contributed by atoms with Gasteiger partial charge in [0.1, 0.15) is 11.5 Å². The SMILES string of the molecule is COc1ccc(C2CC(c3c(-c4ccccc4)c4cc([N+](=O)[O-])ccc4[nH]c3=O)=NN2)c(OC)c1. The number of hydrogen-bond acceptors (Lipinski definition) is 7. The molecule has 0 aliphatic carbocycles. The monoisotopic (exact) mass is 470 g/mol. The Morgan fingerprint density at radius 1 is 1.00 bits per heavy atom. The van der Waals surface area contributed by atoms with E-state index in [1.807, 2.05) is 42.5 Å². The molecule has 176 valence electrons. The molecule has 1 unspecified atom stereocenters. The molecule has 5 rings (SSSR count). The van der Waals surface area contributed by atoms with Gasteiger partial charge in [0.15, 0.2) is 0 Å². The van der Waals surface area contributed by atoms with Crippen molar-refractivity contribution in [2.24, 2.45) is 5.10 Å². The normalized spacial score (nSPS) is 14.9. The highest BCUT2D eigenvalue weighted by Gasteiger charge is 2.29. The predicted octanol–water partition coefficient (Wildman–Crippen LogP) is 4.56. The summed E-state index contributed by atoms with van der Waals surface area (Å²) in [4.78, 5) is 27.3. The number of hydrazone groups is 1. The van der Waals surface area contributed by atoms with E-state index in [0.717, 1.165) is 11.1 Å². The molecule has 0 amide bonds. The molecular weight excluding hydrogens is 448 g/mol. The molecule has 3 aromatic carbocycles. The van der Waals surface area contributed by atoms with Gasteiger partial charge in [0.2, 0.25) is 0 Å². The number of benzene rings is 3. The van der Waals surface area contributed by atoms with E-state index in [-0.39, 0.29) is 17.3 Å². The first kappa shape index (κ1) is 22.1. The van der Waals surface area contributed by atoms with Crippen molar-refractivity contribution in [1.29, 1.82) is 0 Å². The lowest BCUT2D eigenvalue weighted by atomic mass is 9.91. The maximum absolute atomic E-state index is 13.3. The number of H-pyrrole nitrogens is 1. The van der Waals surface area contributed by atoms with Gasteiger partial charge >= 0.3 is 0 Å². The minimum Gasteiger partial charge on any atom is -0.497 e. The summed E-state index contributed by atoms with van der Waals surface area (Å²) >= 11 is 0. The summed E-state index contributed by atoms with van der Waals surface area (Å²) in [7, 11) is 3.17. The fourth-order valence-electron chi connectivity index (χ4n) is 4.46. The van der Waals surface area contributed by atoms with E-state index in [0.29, 0.717) is 45.7 Å². The molecule has 0 fully saturated rings. The smallest absolute Gasteiger partial charge is 0.270 e. The van der Waals surface area contributed by atoms with Crippen LogP contribution in [0.3, 0.4) is 0 Å². The molecular formula is C26H22N4O5. The van der Waals surface area contributed by atoms with Crippen molar-refractivity contribution < 1.29 is 14.4 Å². The van der Waals surface area contributed by atoms with Gasteiger partial charge in [-0.15, -0.1) is 0 Å². The van der Waals surface area contributed by atoms with E-state index in [4.69, 9.17) is 9.47 Å². The summed E-state index contributed by atoms with van der Waals surface area (Å²) in [5.74, 6) is 1.31. The van der Waals surface area contributed by atoms with Crippen LogP contribution in [0.2, 0.25) is 0 Å². The molecule has 0 bridgehead atoms. The number of nitro groups is 1. The summed E-state index contributed by atoms with van der Waals surface area (Å²) in [5.41, 5.74) is 6.46. The molecule has 1 aromatic heterocycles. The van der Waals surface area contributed by atoms with Crippen LogP contribution >= 0.6 is 0 Å². The maximum Gasteiger partial charge on any atom is 0.270 e. The molecule has 2 heterocycles. The zero-order valence-corrected chi connectivity index (χ0v) is 19.1. The molecule has 35 heavy (non-hydrogen) atoms. The van der Waals surface area contributed by atoms with Gasteiger partial charge in [-0.2, -0.15) is 5.10 Å². The topological polar surface area (TPSA) is 119 Å². The van der Waals surface area contributed by atoms with Crippen molar-refractivity contribution in [3.8, 4) is 22.6 Å². The number of non-ortho nitro benzene ring substituents is 1. The third-order valence-electron chi connectivity index (χ3n) is 6.13. The summed E-state index contributed by atoms with van der Waals surface area (Å²) < 4.78 is 10.8. The number of ether oxygens (including phenoxy) is 2. The van der Waals surface area contributed by atoms with Crippen LogP contribution in [0.4, 0.5) is 5.69 Å². The van der Waals surface area contributed by atoms with Crippen LogP contribution < -0.4 is 20.5 Å². The molecule has 1 aliphatic heterocycles. The molecule has 0 radical (unpaired) electrons. The summed E-state index contributed by atoms with van der Waals surface area (Å²) in [6, 6.07) is 19.1. The molecule has 2 N–H and O–H groups in total. The van der Waals surface area contributed by atoms with Crippen LogP contribution in [0.5, 0.6) is 11.5 Å². The predicted molar refractivity (Wildman–Crippen MR) is 133 cm³/mol. The van der Waals surface area contributed by atoms with Gasteiger partial charge in [-0.1, -0.05) is 30.3 Å². The third kappa shape index (κ3) is 3.97. The molecule has 0 saturated heterocycles. The van der Waals surface area contributed by atoms with Crippen LogP contribution in [0.1, 0.15) is 23.6 Å². The van der Waals surface area contributed by atoms with E-state index in [1.165, 1.54) is 12.1 Å². The highest BCUT2D eigenvalue weighted by atomic mass is 16.6. The van der Waals surface area contributed by atoms with Gasteiger partial charge in [0.05, 0.1) is 36.5 Å². The lowest BCUT2D eigenvalue weighted by Crippen LogP contribution is -2.20. The van der Waals surface area contributed by atoms with Gasteiger partial charge in [0, 0.05) is 46.6 Å². The van der Waals surface area contributed by atoms with E-state index < -0.39 is 4.92 Å². The number of pyridine rings is 1. The van der Waals surface area contributed by atoms with Gasteiger partial charge < -0.3 is 19.9 Å². The largest absolute Gasteiger partial charge is 0.497 e. The van der Waals surface area contributed by atoms with Gasteiger partial charge in [-0.3, -0.25) is 14.9 Å². The van der Waals surface area contributed by atoms with E-state index >= 15 is 0 Å². The number of fused-ring (bicyclic) bond motifs is 1. The van der Waals surface area contributed by atoms with Crippen LogP contribution in [0, 0.1) is 10.1 Å². The van der Waals surface area contributed by atoms with Crippen molar-refractivity contribution >= 4 is 22.3 Å². The zero-order valence-electron chi connectivity index (χ0n) is 19.1. The second-order valence-electron chi connectivity index (χ2n) is 8.11. The Morgan fingerprint density at radius 2 is 1.80 bits per heavy atom. The van der Waals surface area contributed by atoms with E-state index in [2.05, 4.69) is 15.5 Å². The highest BCUT2D eigenvalue weighted by Crippen LogP contribution is 2.37. The molecule has 4 aromatic rings. The minimum atomic E-state index is -0.445. The number of aromatic amines is 1. The van der Waals surface area contributed by atoms with Crippen LogP contribution in [-0.2, 0) is 0 Å². The number of aromatic nitrogens is 1. The average Bonchev–Trinajstić information content (AvgIpc) is 3.37. The van der Waals surface area contributed by atoms with Crippen LogP contribution in [0.15, 0.2) is 76.6 Å². The molecule has 1 aliphatic rings. The number of nitro benzene ring substituents is 1. The fraction of sp³-hybridized carbons (Fsp3) is 0.154. The van der Waals surface area contributed by atoms with Gasteiger partial charge in [-0.25, -0.2) is 0 Å². The number of rotatable bonds is 6. The standard InChI is InChI=1S/C26H22N4O5/c1-34-17-9-10-18(23(13-17)35-2)21-14-22(29-28-21)25-24(15-6-4-3-5-7-15)19-12-16(30(32)33)8-11-20(19)27-26(25)31/h3-13,21,28H,14H2,1-2H3,(H,27,31). The van der Waals surface area contributed by atoms with Crippen LogP contribution in [0.25, 0.3) is 22.0 Å². The summed E-state index contributed by atoms with van der Waals surface area (Å²) in [5, 5.41) is 16.6. The Hall–Kier alpha value is -4.66. The van der Waals surface area contributed by atoms with Gasteiger partial charge in [-0.05, 0) is 23.8 Å². The van der Waals surface area contributed by atoms with Crippen LogP contribution in [-0.4, -0.2) is 29.8 Å². The third-order valence-corrected chi connectivity index (χ3v) is 6.13. The second kappa shape index (κ2) is 8.94. The van der Waals surface area contributed by atoms with Crippen molar-refractivity contribution in [3.63, 3.8) is 0 Å². The van der Waals surface area contributed by atoms with E-state index in [9.17, 15) is 14.9 Å². The lowest BCUT2D eigenvalue weighted by Gasteiger charge is -2.16. The van der Waals surface area contributed by atoms with Gasteiger partial charge in [0.25, 0.3) is 11.2 Å². The maximum atomic E-state index is 13.3. The van der Waals surface area contributed by atoms with Crippen molar-refractivity contribution in [2.75, 3.05) is 14.2 Å². The first-order valence-electron chi connectivity index (χ1n) is 10.9. The molecule has 0 saturated carbocycles. The number of nitrogens with zero attached hydrogens (tertiary/aromatic N) is 2. The first-order chi connectivity index (χ1) is 17.0. The second-order valence-corrected chi connectivity index (χ2v) is 8.11. The molecule has 9 heteroatoms. The Morgan fingerprint density at radius 3 is 2.51 bits per heavy atom.